The van der Waals surface area contributed by atoms with Gasteiger partial charge in [-0.25, -0.2) is 4.68 Å². The molecule has 130 valence electrons. The minimum Gasteiger partial charge on any atom is -0.487 e. The Morgan fingerprint density at radius 2 is 1.92 bits per heavy atom. The van der Waals surface area contributed by atoms with Crippen LogP contribution in [0.15, 0.2) is 48.5 Å². The first-order chi connectivity index (χ1) is 12.5. The Labute approximate surface area is 150 Å². The van der Waals surface area contributed by atoms with E-state index in [1.165, 1.54) is 6.07 Å². The second-order valence-corrected chi connectivity index (χ2v) is 5.71. The van der Waals surface area contributed by atoms with Gasteiger partial charge in [0.1, 0.15) is 24.0 Å². The van der Waals surface area contributed by atoms with Gasteiger partial charge in [-0.05, 0) is 32.0 Å². The Balaban J connectivity index is 1.98. The lowest BCUT2D eigenvalue weighted by Gasteiger charge is -2.11. The van der Waals surface area contributed by atoms with Crippen molar-refractivity contribution in [3.05, 3.63) is 81.2 Å². The highest BCUT2D eigenvalue weighted by Crippen LogP contribution is 2.28. The quantitative estimate of drug-likeness (QED) is 0.515. The molecule has 0 aliphatic heterocycles. The molecule has 0 amide bonds. The summed E-state index contributed by atoms with van der Waals surface area (Å²) in [5, 5.41) is 25.0. The number of nitro benzene ring substituents is 1. The van der Waals surface area contributed by atoms with Crippen LogP contribution in [0.5, 0.6) is 5.75 Å². The fourth-order valence-corrected chi connectivity index (χ4v) is 2.74. The van der Waals surface area contributed by atoms with Crippen molar-refractivity contribution in [2.24, 2.45) is 0 Å². The number of nitriles is 1. The van der Waals surface area contributed by atoms with Gasteiger partial charge in [-0.1, -0.05) is 24.3 Å². The average Bonchev–Trinajstić information content (AvgIpc) is 2.96. The molecule has 0 saturated heterocycles. The summed E-state index contributed by atoms with van der Waals surface area (Å²) in [4.78, 5) is 10.6. The van der Waals surface area contributed by atoms with E-state index in [-0.39, 0.29) is 12.3 Å². The molecule has 1 heterocycles. The van der Waals surface area contributed by atoms with Crippen LogP contribution in [-0.4, -0.2) is 14.7 Å². The monoisotopic (exact) mass is 348 g/mol. The van der Waals surface area contributed by atoms with Crippen LogP contribution in [0.3, 0.4) is 0 Å². The number of aryl methyl sites for hydroxylation is 1. The van der Waals surface area contributed by atoms with Crippen molar-refractivity contribution < 1.29 is 9.66 Å². The highest BCUT2D eigenvalue weighted by Gasteiger charge is 2.19. The Kier molecular flexibility index (Phi) is 4.67. The molecule has 0 unspecified atom stereocenters. The van der Waals surface area contributed by atoms with Gasteiger partial charge < -0.3 is 4.74 Å². The number of benzene rings is 2. The number of nitrogens with zero attached hydrogens (tertiary/aromatic N) is 4. The number of ether oxygens (including phenoxy) is 1. The summed E-state index contributed by atoms with van der Waals surface area (Å²) in [7, 11) is 0. The molecule has 0 N–H and O–H groups in total. The van der Waals surface area contributed by atoms with E-state index in [0.29, 0.717) is 28.3 Å². The van der Waals surface area contributed by atoms with Crippen LogP contribution in [0.1, 0.15) is 22.5 Å². The molecule has 26 heavy (non-hydrogen) atoms. The largest absolute Gasteiger partial charge is 0.487 e. The van der Waals surface area contributed by atoms with E-state index in [4.69, 9.17) is 4.74 Å². The van der Waals surface area contributed by atoms with Crippen LogP contribution < -0.4 is 4.74 Å². The summed E-state index contributed by atoms with van der Waals surface area (Å²) >= 11 is 0. The molecule has 0 fully saturated rings. The molecule has 0 aliphatic carbocycles. The van der Waals surface area contributed by atoms with Crippen molar-refractivity contribution in [1.29, 1.82) is 5.26 Å². The van der Waals surface area contributed by atoms with Gasteiger partial charge in [0.25, 0.3) is 5.69 Å². The zero-order valence-electron chi connectivity index (χ0n) is 14.3. The Hall–Kier alpha value is -3.66. The molecule has 0 aliphatic rings. The molecule has 7 heteroatoms. The van der Waals surface area contributed by atoms with Gasteiger partial charge >= 0.3 is 0 Å². The molecule has 1 aromatic heterocycles. The number of hydrogen-bond donors (Lipinski definition) is 0. The lowest BCUT2D eigenvalue weighted by Crippen LogP contribution is -2.07. The molecule has 0 saturated carbocycles. The first kappa shape index (κ1) is 17.2. The van der Waals surface area contributed by atoms with Crippen molar-refractivity contribution in [3.63, 3.8) is 0 Å². The fourth-order valence-electron chi connectivity index (χ4n) is 2.74. The minimum atomic E-state index is -0.443. The van der Waals surface area contributed by atoms with Gasteiger partial charge in [0.05, 0.1) is 27.6 Å². The number of para-hydroxylation sites is 1. The summed E-state index contributed by atoms with van der Waals surface area (Å²) in [6.45, 7) is 3.47. The Bertz CT molecular complexity index is 1000. The molecule has 0 spiro atoms. The van der Waals surface area contributed by atoms with Crippen molar-refractivity contribution in [1.82, 2.24) is 9.78 Å². The van der Waals surface area contributed by atoms with E-state index < -0.39 is 4.92 Å². The molecule has 0 bridgehead atoms. The molecule has 0 radical (unpaired) electrons. The third-order valence-electron chi connectivity index (χ3n) is 4.09. The first-order valence-electron chi connectivity index (χ1n) is 7.93. The normalized spacial score (nSPS) is 10.3. The van der Waals surface area contributed by atoms with Crippen molar-refractivity contribution in [3.8, 4) is 17.5 Å². The van der Waals surface area contributed by atoms with E-state index in [9.17, 15) is 15.4 Å². The number of rotatable bonds is 5. The van der Waals surface area contributed by atoms with Gasteiger partial charge in [0.15, 0.2) is 0 Å². The maximum absolute atomic E-state index is 11.1. The van der Waals surface area contributed by atoms with Crippen LogP contribution >= 0.6 is 0 Å². The van der Waals surface area contributed by atoms with Crippen molar-refractivity contribution >= 4 is 5.69 Å². The maximum Gasteiger partial charge on any atom is 0.276 e. The molecule has 0 atom stereocenters. The molecule has 3 aromatic rings. The van der Waals surface area contributed by atoms with Gasteiger partial charge in [0.2, 0.25) is 0 Å². The van der Waals surface area contributed by atoms with Crippen LogP contribution in [-0.2, 0) is 6.61 Å². The molecular formula is C19H16N4O3. The van der Waals surface area contributed by atoms with Crippen LogP contribution in [0.4, 0.5) is 5.69 Å². The van der Waals surface area contributed by atoms with E-state index >= 15 is 0 Å². The third kappa shape index (κ3) is 3.13. The van der Waals surface area contributed by atoms with Gasteiger partial charge in [-0.2, -0.15) is 10.4 Å². The first-order valence-corrected chi connectivity index (χ1v) is 7.93. The van der Waals surface area contributed by atoms with E-state index in [2.05, 4.69) is 11.2 Å². The van der Waals surface area contributed by atoms with Crippen molar-refractivity contribution in [2.45, 2.75) is 20.5 Å². The van der Waals surface area contributed by atoms with E-state index in [1.54, 1.807) is 30.7 Å². The summed E-state index contributed by atoms with van der Waals surface area (Å²) in [6, 6.07) is 16.3. The lowest BCUT2D eigenvalue weighted by atomic mass is 10.2. The number of nitro groups is 1. The fraction of sp³-hybridized carbons (Fsp3) is 0.158. The SMILES string of the molecule is Cc1nn(-c2ccccc2)c(COc2cccc([N+](=O)[O-])c2C)c1C#N. The topological polar surface area (TPSA) is 94.0 Å². The predicted molar refractivity (Wildman–Crippen MR) is 95.2 cm³/mol. The summed E-state index contributed by atoms with van der Waals surface area (Å²) in [5.74, 6) is 0.404. The summed E-state index contributed by atoms with van der Waals surface area (Å²) in [5.41, 5.74) is 2.89. The lowest BCUT2D eigenvalue weighted by molar-refractivity contribution is -0.385. The summed E-state index contributed by atoms with van der Waals surface area (Å²) in [6.07, 6.45) is 0. The highest BCUT2D eigenvalue weighted by molar-refractivity contribution is 5.49. The second kappa shape index (κ2) is 7.07. The van der Waals surface area contributed by atoms with Gasteiger partial charge in [-0.3, -0.25) is 10.1 Å². The zero-order chi connectivity index (χ0) is 18.7. The minimum absolute atomic E-state index is 0.00393. The van der Waals surface area contributed by atoms with Gasteiger partial charge in [-0.15, -0.1) is 0 Å². The number of hydrogen-bond acceptors (Lipinski definition) is 5. The smallest absolute Gasteiger partial charge is 0.276 e. The Morgan fingerprint density at radius 1 is 1.19 bits per heavy atom. The van der Waals surface area contributed by atoms with Crippen LogP contribution in [0.25, 0.3) is 5.69 Å². The molecule has 3 rings (SSSR count). The molecule has 2 aromatic carbocycles. The molecular weight excluding hydrogens is 332 g/mol. The summed E-state index contributed by atoms with van der Waals surface area (Å²) < 4.78 is 7.48. The number of aromatic nitrogens is 2. The predicted octanol–water partition coefficient (Wildman–Crippen LogP) is 3.85. The standard InChI is InChI=1S/C19H16N4O3/c1-13-17(23(24)25)9-6-10-19(13)26-12-18-16(11-20)14(2)21-22(18)15-7-4-3-5-8-15/h3-10H,12H2,1-2H3. The zero-order valence-corrected chi connectivity index (χ0v) is 14.3. The van der Waals surface area contributed by atoms with Crippen LogP contribution in [0.2, 0.25) is 0 Å². The Morgan fingerprint density at radius 3 is 2.58 bits per heavy atom. The van der Waals surface area contributed by atoms with E-state index in [0.717, 1.165) is 5.69 Å². The average molecular weight is 348 g/mol. The maximum atomic E-state index is 11.1. The van der Waals surface area contributed by atoms with E-state index in [1.807, 2.05) is 30.3 Å². The van der Waals surface area contributed by atoms with Crippen molar-refractivity contribution in [2.75, 3.05) is 0 Å². The van der Waals surface area contributed by atoms with Crippen LogP contribution in [0, 0.1) is 35.3 Å². The molecule has 7 nitrogen and oxygen atoms in total. The highest BCUT2D eigenvalue weighted by atomic mass is 16.6. The van der Waals surface area contributed by atoms with Gasteiger partial charge in [0, 0.05) is 6.07 Å². The second-order valence-electron chi connectivity index (χ2n) is 5.71. The third-order valence-corrected chi connectivity index (χ3v) is 4.09.